The van der Waals surface area contributed by atoms with Gasteiger partial charge in [-0.15, -0.1) is 16.9 Å². The summed E-state index contributed by atoms with van der Waals surface area (Å²) in [6, 6.07) is 0. The number of hydrogen-bond donors (Lipinski definition) is 1. The van der Waals surface area contributed by atoms with Crippen molar-refractivity contribution in [2.75, 3.05) is 12.4 Å². The Balaban J connectivity index is 0.00000208. The zero-order valence-electron chi connectivity index (χ0n) is 13.2. The first-order valence-corrected chi connectivity index (χ1v) is 8.81. The molecule has 2 atom stereocenters. The number of carboxylic acid groups (broad SMARTS) is 1. The number of amides is 1. The molecule has 3 rings (SSSR count). The minimum absolute atomic E-state index is 0. The van der Waals surface area contributed by atoms with Crippen LogP contribution in [0.4, 0.5) is 0 Å². The van der Waals surface area contributed by atoms with Crippen molar-refractivity contribution >= 4 is 35.4 Å². The molecule has 2 aliphatic rings. The van der Waals surface area contributed by atoms with Gasteiger partial charge in [0.25, 0.3) is 0 Å². The van der Waals surface area contributed by atoms with Gasteiger partial charge in [0.05, 0.1) is 24.2 Å². The van der Waals surface area contributed by atoms with Crippen molar-refractivity contribution in [3.63, 3.8) is 0 Å². The molecule has 0 aromatic carbocycles. The van der Waals surface area contributed by atoms with Crippen LogP contribution in [0.3, 0.4) is 0 Å². The SMILES string of the molecule is Cn1nnnc1SCCCC1=C(C(=O)[O-])N2C(=O)[C@H](CO)[C@H]2S1.[Na+]. The number of aliphatic hydroxyl groups is 1. The molecule has 0 saturated carbocycles. The third kappa shape index (κ3) is 3.51. The van der Waals surface area contributed by atoms with Crippen molar-refractivity contribution in [3.05, 3.63) is 10.6 Å². The van der Waals surface area contributed by atoms with Crippen LogP contribution in [0.25, 0.3) is 0 Å². The fourth-order valence-electron chi connectivity index (χ4n) is 2.53. The van der Waals surface area contributed by atoms with Crippen LogP contribution in [0.5, 0.6) is 0 Å². The normalized spacial score (nSPS) is 22.2. The van der Waals surface area contributed by atoms with Gasteiger partial charge in [-0.25, -0.2) is 4.68 Å². The predicted molar refractivity (Wildman–Crippen MR) is 79.6 cm³/mol. The molecule has 1 aromatic heterocycles. The molecule has 3 heterocycles. The second kappa shape index (κ2) is 8.19. The number of fused-ring (bicyclic) bond motifs is 1. The van der Waals surface area contributed by atoms with E-state index in [0.717, 1.165) is 12.2 Å². The molecule has 1 aromatic rings. The first-order chi connectivity index (χ1) is 11.0. The van der Waals surface area contributed by atoms with Crippen molar-refractivity contribution in [2.24, 2.45) is 13.0 Å². The maximum Gasteiger partial charge on any atom is 1.00 e. The maximum absolute atomic E-state index is 11.9. The molecular weight excluding hydrogens is 365 g/mol. The summed E-state index contributed by atoms with van der Waals surface area (Å²) in [7, 11) is 1.75. The van der Waals surface area contributed by atoms with Gasteiger partial charge in [-0.3, -0.25) is 9.69 Å². The number of allylic oxidation sites excluding steroid dienone is 1. The molecule has 1 N–H and O–H groups in total. The van der Waals surface area contributed by atoms with Gasteiger partial charge in [0, 0.05) is 17.7 Å². The number of carboxylic acids is 1. The first-order valence-electron chi connectivity index (χ1n) is 6.94. The molecule has 0 unspecified atom stereocenters. The minimum atomic E-state index is -1.34. The van der Waals surface area contributed by atoms with Gasteiger partial charge in [-0.1, -0.05) is 11.8 Å². The van der Waals surface area contributed by atoms with Crippen LogP contribution in [-0.4, -0.2) is 59.8 Å². The van der Waals surface area contributed by atoms with Crippen LogP contribution < -0.4 is 34.7 Å². The number of aliphatic hydroxyl groups excluding tert-OH is 1. The van der Waals surface area contributed by atoms with Crippen LogP contribution in [0.1, 0.15) is 12.8 Å². The number of aryl methyl sites for hydroxylation is 1. The van der Waals surface area contributed by atoms with Gasteiger partial charge in [0.2, 0.25) is 11.1 Å². The molecule has 0 aliphatic carbocycles. The number of tetrazole rings is 1. The monoisotopic (exact) mass is 379 g/mol. The standard InChI is InChI=1S/C12H15N5O4S2.Na/c1-16-12(13-14-15-16)22-4-2-3-7-8(11(20)21)17-9(19)6(5-18)10(17)23-7;/h6,10,18H,2-5H2,1H3,(H,20,21);/q;+1/p-1/t6-,10+;/m0./s1. The van der Waals surface area contributed by atoms with E-state index in [4.69, 9.17) is 0 Å². The van der Waals surface area contributed by atoms with Crippen LogP contribution in [-0.2, 0) is 16.6 Å². The summed E-state index contributed by atoms with van der Waals surface area (Å²) in [5, 5.41) is 32.0. The Labute approximate surface area is 168 Å². The zero-order chi connectivity index (χ0) is 16.6. The van der Waals surface area contributed by atoms with E-state index in [1.165, 1.54) is 28.4 Å². The Hall–Kier alpha value is -0.590. The van der Waals surface area contributed by atoms with Crippen LogP contribution in [0, 0.1) is 5.92 Å². The summed E-state index contributed by atoms with van der Waals surface area (Å²) >= 11 is 2.81. The molecule has 124 valence electrons. The number of aromatic nitrogens is 4. The summed E-state index contributed by atoms with van der Waals surface area (Å²) in [6.07, 6.45) is 1.25. The second-order valence-electron chi connectivity index (χ2n) is 5.10. The van der Waals surface area contributed by atoms with Gasteiger partial charge in [-0.2, -0.15) is 0 Å². The number of nitrogens with zero attached hydrogens (tertiary/aromatic N) is 5. The molecule has 1 amide bonds. The van der Waals surface area contributed by atoms with E-state index in [1.54, 1.807) is 11.7 Å². The maximum atomic E-state index is 11.9. The van der Waals surface area contributed by atoms with Crippen molar-refractivity contribution < 1.29 is 49.4 Å². The molecule has 2 aliphatic heterocycles. The summed E-state index contributed by atoms with van der Waals surface area (Å²) in [4.78, 5) is 25.1. The number of thioether (sulfide) groups is 2. The van der Waals surface area contributed by atoms with Gasteiger partial charge in [0.15, 0.2) is 0 Å². The summed E-state index contributed by atoms with van der Waals surface area (Å²) in [6.45, 7) is -0.268. The fourth-order valence-corrected chi connectivity index (χ4v) is 4.85. The molecule has 0 spiro atoms. The van der Waals surface area contributed by atoms with Crippen molar-refractivity contribution in [3.8, 4) is 0 Å². The van der Waals surface area contributed by atoms with E-state index >= 15 is 0 Å². The molecule has 0 bridgehead atoms. The number of carbonyl (C=O) groups excluding carboxylic acids is 2. The van der Waals surface area contributed by atoms with E-state index in [9.17, 15) is 19.8 Å². The Kier molecular flexibility index (Phi) is 6.74. The van der Waals surface area contributed by atoms with Gasteiger partial charge >= 0.3 is 29.6 Å². The number of carbonyl (C=O) groups is 2. The molecule has 0 radical (unpaired) electrons. The van der Waals surface area contributed by atoms with E-state index in [0.29, 0.717) is 16.5 Å². The quantitative estimate of drug-likeness (QED) is 0.216. The molecule has 24 heavy (non-hydrogen) atoms. The molecule has 12 heteroatoms. The Morgan fingerprint density at radius 3 is 2.83 bits per heavy atom. The van der Waals surface area contributed by atoms with Crippen molar-refractivity contribution in [1.82, 2.24) is 25.1 Å². The molecule has 1 fully saturated rings. The number of β-lactam (4-membered cyclic amide) rings is 1. The van der Waals surface area contributed by atoms with Crippen molar-refractivity contribution in [1.29, 1.82) is 0 Å². The summed E-state index contributed by atoms with van der Waals surface area (Å²) < 4.78 is 1.57. The average molecular weight is 379 g/mol. The summed E-state index contributed by atoms with van der Waals surface area (Å²) in [5.41, 5.74) is -0.0416. The van der Waals surface area contributed by atoms with Crippen LogP contribution in [0.2, 0.25) is 0 Å². The first kappa shape index (κ1) is 19.7. The Morgan fingerprint density at radius 2 is 2.25 bits per heavy atom. The van der Waals surface area contributed by atoms with E-state index in [2.05, 4.69) is 15.5 Å². The van der Waals surface area contributed by atoms with Gasteiger partial charge in [-0.05, 0) is 23.3 Å². The van der Waals surface area contributed by atoms with Gasteiger partial charge in [0.1, 0.15) is 5.37 Å². The average Bonchev–Trinajstić information content (AvgIpc) is 3.06. The third-order valence-corrected chi connectivity index (χ3v) is 6.23. The number of hydrogen-bond acceptors (Lipinski definition) is 9. The Bertz CT molecular complexity index is 682. The van der Waals surface area contributed by atoms with E-state index in [1.807, 2.05) is 0 Å². The Morgan fingerprint density at radius 1 is 1.50 bits per heavy atom. The predicted octanol–water partition coefficient (Wildman–Crippen LogP) is -4.43. The van der Waals surface area contributed by atoms with Crippen LogP contribution >= 0.6 is 23.5 Å². The number of aliphatic carboxylic acids is 1. The van der Waals surface area contributed by atoms with Crippen LogP contribution in [0.15, 0.2) is 15.8 Å². The number of rotatable bonds is 7. The fraction of sp³-hybridized carbons (Fsp3) is 0.583. The third-order valence-electron chi connectivity index (χ3n) is 3.67. The molecular formula is C12H14N5NaO4S2. The van der Waals surface area contributed by atoms with Crippen molar-refractivity contribution in [2.45, 2.75) is 23.4 Å². The minimum Gasteiger partial charge on any atom is -0.543 e. The summed E-state index contributed by atoms with van der Waals surface area (Å²) in [5.74, 6) is -1.49. The molecule has 9 nitrogen and oxygen atoms in total. The molecule has 1 saturated heterocycles. The topological polar surface area (TPSA) is 124 Å². The largest absolute Gasteiger partial charge is 1.00 e. The van der Waals surface area contributed by atoms with Gasteiger partial charge < -0.3 is 15.0 Å². The van der Waals surface area contributed by atoms with E-state index < -0.39 is 11.9 Å². The second-order valence-corrected chi connectivity index (χ2v) is 7.38. The van der Waals surface area contributed by atoms with E-state index in [-0.39, 0.29) is 53.1 Å². The zero-order valence-corrected chi connectivity index (χ0v) is 16.8. The smallest absolute Gasteiger partial charge is 0.543 e.